The zero-order valence-electron chi connectivity index (χ0n) is 8.64. The molecule has 2 aromatic rings. The van der Waals surface area contributed by atoms with Gasteiger partial charge in [-0.2, -0.15) is 4.98 Å². The average molecular weight is 206 g/mol. The number of fused-ring (bicyclic) bond motifs is 1. The largest absolute Gasteiger partial charge is 0.396 e. The molecule has 0 aliphatic heterocycles. The lowest BCUT2D eigenvalue weighted by molar-refractivity contribution is 0.292. The molecule has 5 heteroatoms. The van der Waals surface area contributed by atoms with Crippen molar-refractivity contribution in [3.05, 3.63) is 23.9 Å². The van der Waals surface area contributed by atoms with E-state index in [1.54, 1.807) is 4.52 Å². The van der Waals surface area contributed by atoms with Gasteiger partial charge in [0, 0.05) is 18.8 Å². The van der Waals surface area contributed by atoms with Gasteiger partial charge >= 0.3 is 0 Å². The summed E-state index contributed by atoms with van der Waals surface area (Å²) in [6, 6.07) is 5.85. The summed E-state index contributed by atoms with van der Waals surface area (Å²) in [5, 5.41) is 16.0. The van der Waals surface area contributed by atoms with Gasteiger partial charge in [0.1, 0.15) is 0 Å². The Morgan fingerprint density at radius 3 is 3.07 bits per heavy atom. The fourth-order valence-corrected chi connectivity index (χ4v) is 1.39. The number of aromatic nitrogens is 3. The Morgan fingerprint density at radius 1 is 1.47 bits per heavy atom. The summed E-state index contributed by atoms with van der Waals surface area (Å²) in [7, 11) is 0. The van der Waals surface area contributed by atoms with Crippen LogP contribution >= 0.6 is 0 Å². The van der Waals surface area contributed by atoms with Gasteiger partial charge in [-0.25, -0.2) is 4.52 Å². The maximum Gasteiger partial charge on any atom is 0.243 e. The highest BCUT2D eigenvalue weighted by Gasteiger charge is 2.03. The molecule has 5 nitrogen and oxygen atoms in total. The Morgan fingerprint density at radius 2 is 2.33 bits per heavy atom. The molecule has 0 bridgehead atoms. The lowest BCUT2D eigenvalue weighted by Gasteiger charge is -1.97. The number of aliphatic hydroxyl groups is 1. The average Bonchev–Trinajstić information content (AvgIpc) is 2.63. The molecule has 0 spiro atoms. The van der Waals surface area contributed by atoms with Gasteiger partial charge in [-0.3, -0.25) is 0 Å². The van der Waals surface area contributed by atoms with Crippen molar-refractivity contribution in [1.82, 2.24) is 14.6 Å². The van der Waals surface area contributed by atoms with Gasteiger partial charge in [-0.1, -0.05) is 6.07 Å². The molecule has 0 fully saturated rings. The molecule has 0 aliphatic carbocycles. The summed E-state index contributed by atoms with van der Waals surface area (Å²) >= 11 is 0. The van der Waals surface area contributed by atoms with E-state index in [0.717, 1.165) is 11.3 Å². The predicted octanol–water partition coefficient (Wildman–Crippen LogP) is 0.832. The van der Waals surface area contributed by atoms with Crippen molar-refractivity contribution >= 4 is 11.6 Å². The topological polar surface area (TPSA) is 62.5 Å². The Kier molecular flexibility index (Phi) is 2.82. The highest BCUT2D eigenvalue weighted by Crippen LogP contribution is 2.07. The maximum atomic E-state index is 8.64. The van der Waals surface area contributed by atoms with Gasteiger partial charge < -0.3 is 10.4 Å². The molecule has 2 aromatic heterocycles. The van der Waals surface area contributed by atoms with Gasteiger partial charge in [-0.15, -0.1) is 5.10 Å². The molecule has 0 saturated heterocycles. The number of pyridine rings is 1. The maximum absolute atomic E-state index is 8.64. The van der Waals surface area contributed by atoms with Gasteiger partial charge in [-0.05, 0) is 25.5 Å². The molecule has 0 saturated carbocycles. The normalized spacial score (nSPS) is 10.8. The van der Waals surface area contributed by atoms with Crippen LogP contribution in [-0.2, 0) is 0 Å². The van der Waals surface area contributed by atoms with Crippen molar-refractivity contribution in [3.8, 4) is 0 Å². The molecule has 0 amide bonds. The summed E-state index contributed by atoms with van der Waals surface area (Å²) in [5.41, 5.74) is 1.89. The minimum Gasteiger partial charge on any atom is -0.396 e. The molecular weight excluding hydrogens is 192 g/mol. The molecule has 80 valence electrons. The lowest BCUT2D eigenvalue weighted by Crippen LogP contribution is -2.05. The van der Waals surface area contributed by atoms with E-state index in [0.29, 0.717) is 18.9 Å². The molecule has 0 aromatic carbocycles. The number of hydrogen-bond acceptors (Lipinski definition) is 4. The first kappa shape index (κ1) is 9.92. The smallest absolute Gasteiger partial charge is 0.243 e. The van der Waals surface area contributed by atoms with Gasteiger partial charge in [0.25, 0.3) is 0 Å². The first-order valence-corrected chi connectivity index (χ1v) is 4.98. The van der Waals surface area contributed by atoms with Crippen LogP contribution in [-0.4, -0.2) is 32.9 Å². The van der Waals surface area contributed by atoms with Gasteiger partial charge in [0.2, 0.25) is 5.95 Å². The number of nitrogens with one attached hydrogen (secondary N) is 1. The number of aryl methyl sites for hydroxylation is 1. The third-order valence-electron chi connectivity index (χ3n) is 2.17. The quantitative estimate of drug-likeness (QED) is 0.727. The minimum absolute atomic E-state index is 0.180. The van der Waals surface area contributed by atoms with Crippen molar-refractivity contribution in [2.75, 3.05) is 18.5 Å². The standard InChI is InChI=1S/C10H14N4O/c1-8-4-2-5-9-12-10(13-14(8)9)11-6-3-7-15/h2,4-5,15H,3,6-7H2,1H3,(H,11,13). The van der Waals surface area contributed by atoms with E-state index in [1.807, 2.05) is 25.1 Å². The van der Waals surface area contributed by atoms with E-state index in [9.17, 15) is 0 Å². The van der Waals surface area contributed by atoms with Crippen molar-refractivity contribution in [3.63, 3.8) is 0 Å². The number of hydrogen-bond donors (Lipinski definition) is 2. The Balaban J connectivity index is 2.20. The van der Waals surface area contributed by atoms with Crippen LogP contribution in [0, 0.1) is 6.92 Å². The molecule has 0 radical (unpaired) electrons. The highest BCUT2D eigenvalue weighted by molar-refractivity contribution is 5.44. The van der Waals surface area contributed by atoms with E-state index >= 15 is 0 Å². The predicted molar refractivity (Wildman–Crippen MR) is 57.9 cm³/mol. The van der Waals surface area contributed by atoms with Crippen LogP contribution in [0.5, 0.6) is 0 Å². The van der Waals surface area contributed by atoms with Crippen LogP contribution in [0.15, 0.2) is 18.2 Å². The minimum atomic E-state index is 0.180. The second-order valence-corrected chi connectivity index (χ2v) is 3.38. The van der Waals surface area contributed by atoms with E-state index in [1.165, 1.54) is 0 Å². The van der Waals surface area contributed by atoms with E-state index < -0.39 is 0 Å². The van der Waals surface area contributed by atoms with Crippen LogP contribution in [0.1, 0.15) is 12.1 Å². The molecule has 0 atom stereocenters. The first-order chi connectivity index (χ1) is 7.31. The Hall–Kier alpha value is -1.62. The van der Waals surface area contributed by atoms with Gasteiger partial charge in [0.05, 0.1) is 0 Å². The van der Waals surface area contributed by atoms with Crippen molar-refractivity contribution in [2.45, 2.75) is 13.3 Å². The van der Waals surface area contributed by atoms with Crippen LogP contribution < -0.4 is 5.32 Å². The lowest BCUT2D eigenvalue weighted by atomic mass is 10.4. The fraction of sp³-hybridized carbons (Fsp3) is 0.400. The summed E-state index contributed by atoms with van der Waals surface area (Å²) in [6.07, 6.45) is 0.703. The highest BCUT2D eigenvalue weighted by atomic mass is 16.3. The fourth-order valence-electron chi connectivity index (χ4n) is 1.39. The number of nitrogens with zero attached hydrogens (tertiary/aromatic N) is 3. The van der Waals surface area contributed by atoms with E-state index in [2.05, 4.69) is 15.4 Å². The van der Waals surface area contributed by atoms with Crippen molar-refractivity contribution < 1.29 is 5.11 Å². The summed E-state index contributed by atoms with van der Waals surface area (Å²) in [5.74, 6) is 0.609. The van der Waals surface area contributed by atoms with Crippen LogP contribution in [0.4, 0.5) is 5.95 Å². The molecule has 15 heavy (non-hydrogen) atoms. The molecule has 0 aliphatic rings. The van der Waals surface area contributed by atoms with Crippen LogP contribution in [0.2, 0.25) is 0 Å². The van der Waals surface area contributed by atoms with E-state index in [-0.39, 0.29) is 6.61 Å². The number of aliphatic hydroxyl groups excluding tert-OH is 1. The molecule has 2 rings (SSSR count). The van der Waals surface area contributed by atoms with Crippen molar-refractivity contribution in [2.24, 2.45) is 0 Å². The Bertz CT molecular complexity index is 452. The molecule has 2 heterocycles. The monoisotopic (exact) mass is 206 g/mol. The van der Waals surface area contributed by atoms with Crippen molar-refractivity contribution in [1.29, 1.82) is 0 Å². The second-order valence-electron chi connectivity index (χ2n) is 3.38. The number of anilines is 1. The molecule has 2 N–H and O–H groups in total. The molecule has 0 unspecified atom stereocenters. The molecular formula is C10H14N4O. The summed E-state index contributed by atoms with van der Waals surface area (Å²) < 4.78 is 1.79. The first-order valence-electron chi connectivity index (χ1n) is 4.98. The second kappa shape index (κ2) is 4.27. The zero-order chi connectivity index (χ0) is 10.7. The SMILES string of the molecule is Cc1cccc2nc(NCCCO)nn12. The summed E-state index contributed by atoms with van der Waals surface area (Å²) in [4.78, 5) is 4.30. The summed E-state index contributed by atoms with van der Waals surface area (Å²) in [6.45, 7) is 2.85. The third-order valence-corrected chi connectivity index (χ3v) is 2.17. The van der Waals surface area contributed by atoms with Crippen LogP contribution in [0.3, 0.4) is 0 Å². The van der Waals surface area contributed by atoms with E-state index in [4.69, 9.17) is 5.11 Å². The Labute approximate surface area is 87.8 Å². The van der Waals surface area contributed by atoms with Gasteiger partial charge in [0.15, 0.2) is 5.65 Å². The number of rotatable bonds is 4. The third kappa shape index (κ3) is 2.07. The van der Waals surface area contributed by atoms with Crippen LogP contribution in [0.25, 0.3) is 5.65 Å². The zero-order valence-corrected chi connectivity index (χ0v) is 8.64.